The van der Waals surface area contributed by atoms with Crippen LogP contribution in [0, 0.1) is 5.82 Å². The van der Waals surface area contributed by atoms with E-state index in [1.807, 2.05) is 24.3 Å². The molecule has 0 atom stereocenters. The minimum absolute atomic E-state index is 0. The quantitative estimate of drug-likeness (QED) is 0.460. The molecule has 0 aliphatic rings. The maximum atomic E-state index is 12.9. The first-order valence-corrected chi connectivity index (χ1v) is 8.87. The number of pyridine rings is 1. The Labute approximate surface area is 187 Å². The molecule has 4 nitrogen and oxygen atoms in total. The molecular weight excluding hydrogens is 438 g/mol. The largest absolute Gasteiger partial charge is 1.00 e. The second-order valence-corrected chi connectivity index (χ2v) is 6.40. The van der Waals surface area contributed by atoms with Crippen LogP contribution in [0.2, 0.25) is 5.02 Å². The molecule has 3 aromatic rings. The van der Waals surface area contributed by atoms with E-state index in [2.05, 4.69) is 10.3 Å². The topological polar surface area (TPSA) is 43.4 Å². The first-order valence-electron chi connectivity index (χ1n) is 8.49. The molecule has 0 saturated carbocycles. The van der Waals surface area contributed by atoms with Gasteiger partial charge in [0.15, 0.2) is 11.5 Å². The van der Waals surface area contributed by atoms with Gasteiger partial charge in [0.1, 0.15) is 12.4 Å². The van der Waals surface area contributed by atoms with Gasteiger partial charge in [-0.1, -0.05) is 29.8 Å². The molecule has 0 aliphatic carbocycles. The van der Waals surface area contributed by atoms with Gasteiger partial charge < -0.3 is 39.6 Å². The third-order valence-corrected chi connectivity index (χ3v) is 4.25. The highest BCUT2D eigenvalue weighted by atomic mass is 35.5. The van der Waals surface area contributed by atoms with Crippen molar-refractivity contribution in [3.8, 4) is 11.5 Å². The monoisotopic (exact) mass is 456 g/mol. The number of benzene rings is 2. The van der Waals surface area contributed by atoms with Crippen molar-refractivity contribution < 1.29 is 38.7 Å². The molecule has 0 unspecified atom stereocenters. The van der Waals surface area contributed by atoms with E-state index in [1.54, 1.807) is 31.6 Å². The smallest absolute Gasteiger partial charge is 0.180 e. The van der Waals surface area contributed by atoms with Crippen molar-refractivity contribution in [3.05, 3.63) is 88.5 Å². The number of nitrogens with zero attached hydrogens (tertiary/aromatic N) is 1. The van der Waals surface area contributed by atoms with Crippen LogP contribution in [0.25, 0.3) is 0 Å². The van der Waals surface area contributed by atoms with E-state index in [1.165, 1.54) is 12.1 Å². The van der Waals surface area contributed by atoms with Gasteiger partial charge in [-0.15, -0.1) is 0 Å². The lowest BCUT2D eigenvalue weighted by molar-refractivity contribution is -0.001000. The zero-order valence-electron chi connectivity index (χ0n) is 15.7. The van der Waals surface area contributed by atoms with Gasteiger partial charge in [0.05, 0.1) is 12.1 Å². The number of nitrogens with one attached hydrogen (secondary N) is 1. The molecule has 3 rings (SSSR count). The molecule has 0 amide bonds. The zero-order chi connectivity index (χ0) is 19.1. The van der Waals surface area contributed by atoms with Crippen LogP contribution in [0.1, 0.15) is 16.7 Å². The van der Waals surface area contributed by atoms with Crippen LogP contribution in [0.4, 0.5) is 4.39 Å². The lowest BCUT2D eigenvalue weighted by atomic mass is 10.1. The standard InChI is InChI=1S/C21H20ClFN2O2.2ClH/c1-26-20-10-17(13-25-11-15-4-6-18(23)7-5-15)9-19(22)21(20)27-14-16-3-2-8-24-12-16;;/h2-10,12,25H,11,13-14H2,1H3;2*1H/p-2. The summed E-state index contributed by atoms with van der Waals surface area (Å²) in [4.78, 5) is 4.07. The predicted molar refractivity (Wildman–Crippen MR) is 104 cm³/mol. The van der Waals surface area contributed by atoms with Gasteiger partial charge in [0.25, 0.3) is 0 Å². The molecule has 0 saturated heterocycles. The summed E-state index contributed by atoms with van der Waals surface area (Å²) < 4.78 is 24.2. The van der Waals surface area contributed by atoms with Crippen LogP contribution in [-0.4, -0.2) is 12.1 Å². The highest BCUT2D eigenvalue weighted by Gasteiger charge is 2.12. The first-order chi connectivity index (χ1) is 13.2. The van der Waals surface area contributed by atoms with Crippen LogP contribution in [-0.2, 0) is 19.7 Å². The Hall–Kier alpha value is -2.05. The molecule has 2 aromatic carbocycles. The number of rotatable bonds is 8. The molecule has 29 heavy (non-hydrogen) atoms. The van der Waals surface area contributed by atoms with Crippen molar-refractivity contribution >= 4 is 11.6 Å². The van der Waals surface area contributed by atoms with Crippen molar-refractivity contribution in [2.75, 3.05) is 7.11 Å². The average Bonchev–Trinajstić information content (AvgIpc) is 2.69. The Morgan fingerprint density at radius 3 is 2.38 bits per heavy atom. The van der Waals surface area contributed by atoms with Gasteiger partial charge in [-0.05, 0) is 41.5 Å². The molecule has 1 heterocycles. The number of hydrogen-bond donors (Lipinski definition) is 1. The van der Waals surface area contributed by atoms with E-state index < -0.39 is 0 Å². The van der Waals surface area contributed by atoms with Gasteiger partial charge in [-0.25, -0.2) is 4.39 Å². The van der Waals surface area contributed by atoms with E-state index in [-0.39, 0.29) is 30.6 Å². The number of halogens is 4. The van der Waals surface area contributed by atoms with E-state index in [0.717, 1.165) is 16.7 Å². The molecule has 1 N–H and O–H groups in total. The SMILES string of the molecule is COc1cc(CNCc2ccc(F)cc2)cc(Cl)c1OCc1cccnc1.[Cl-].[Cl-]. The fourth-order valence-electron chi connectivity index (χ4n) is 2.61. The zero-order valence-corrected chi connectivity index (χ0v) is 17.9. The Morgan fingerprint density at radius 1 is 1.00 bits per heavy atom. The van der Waals surface area contributed by atoms with Crippen LogP contribution in [0.15, 0.2) is 60.9 Å². The summed E-state index contributed by atoms with van der Waals surface area (Å²) in [6.45, 7) is 1.57. The third kappa shape index (κ3) is 7.37. The maximum Gasteiger partial charge on any atom is 0.180 e. The van der Waals surface area contributed by atoms with E-state index in [9.17, 15) is 4.39 Å². The number of ether oxygens (including phenoxy) is 2. The number of aromatic nitrogens is 1. The summed E-state index contributed by atoms with van der Waals surface area (Å²) in [7, 11) is 1.58. The van der Waals surface area contributed by atoms with Gasteiger partial charge in [0.2, 0.25) is 0 Å². The summed E-state index contributed by atoms with van der Waals surface area (Å²) in [5.74, 6) is 0.840. The van der Waals surface area contributed by atoms with Crippen LogP contribution in [0.3, 0.4) is 0 Å². The molecule has 0 radical (unpaired) electrons. The molecule has 156 valence electrons. The average molecular weight is 458 g/mol. The summed E-state index contributed by atoms with van der Waals surface area (Å²) in [5.41, 5.74) is 2.92. The fraction of sp³-hybridized carbons (Fsp3) is 0.190. The molecule has 0 fully saturated rings. The van der Waals surface area contributed by atoms with Crippen molar-refractivity contribution in [3.63, 3.8) is 0 Å². The van der Waals surface area contributed by atoms with Gasteiger partial charge in [-0.3, -0.25) is 4.98 Å². The van der Waals surface area contributed by atoms with Crippen LogP contribution < -0.4 is 39.6 Å². The molecule has 0 aliphatic heterocycles. The second-order valence-electron chi connectivity index (χ2n) is 5.99. The third-order valence-electron chi connectivity index (χ3n) is 3.97. The summed E-state index contributed by atoms with van der Waals surface area (Å²) in [6.07, 6.45) is 3.46. The second kappa shape index (κ2) is 12.5. The fourth-order valence-corrected chi connectivity index (χ4v) is 2.90. The first kappa shape index (κ1) is 25.0. The van der Waals surface area contributed by atoms with Crippen LogP contribution >= 0.6 is 11.6 Å². The lowest BCUT2D eigenvalue weighted by Crippen LogP contribution is -3.00. The van der Waals surface area contributed by atoms with Gasteiger partial charge >= 0.3 is 0 Å². The Morgan fingerprint density at radius 2 is 1.72 bits per heavy atom. The van der Waals surface area contributed by atoms with E-state index >= 15 is 0 Å². The highest BCUT2D eigenvalue weighted by molar-refractivity contribution is 6.32. The summed E-state index contributed by atoms with van der Waals surface area (Å²) in [5, 5.41) is 3.79. The van der Waals surface area contributed by atoms with Crippen LogP contribution in [0.5, 0.6) is 11.5 Å². The Kier molecular flexibility index (Phi) is 10.8. The maximum absolute atomic E-state index is 12.9. The van der Waals surface area contributed by atoms with Gasteiger partial charge in [-0.2, -0.15) is 0 Å². The molecular formula is C21H20Cl3FN2O2-2. The molecule has 0 bridgehead atoms. The minimum atomic E-state index is -0.239. The normalized spacial score (nSPS) is 9.90. The molecule has 8 heteroatoms. The van der Waals surface area contributed by atoms with Crippen molar-refractivity contribution in [1.29, 1.82) is 0 Å². The molecule has 0 spiro atoms. The lowest BCUT2D eigenvalue weighted by Gasteiger charge is -2.14. The minimum Gasteiger partial charge on any atom is -1.00 e. The van der Waals surface area contributed by atoms with Crippen molar-refractivity contribution in [1.82, 2.24) is 10.3 Å². The van der Waals surface area contributed by atoms with E-state index in [0.29, 0.717) is 36.2 Å². The Bertz CT molecular complexity index is 881. The summed E-state index contributed by atoms with van der Waals surface area (Å²) >= 11 is 6.40. The summed E-state index contributed by atoms with van der Waals surface area (Å²) in [6, 6.07) is 13.9. The van der Waals surface area contributed by atoms with Crippen molar-refractivity contribution in [2.24, 2.45) is 0 Å². The number of methoxy groups -OCH3 is 1. The Balaban J connectivity index is 0.00000210. The van der Waals surface area contributed by atoms with Gasteiger partial charge in [0, 0.05) is 31.0 Å². The molecule has 1 aromatic heterocycles. The highest BCUT2D eigenvalue weighted by Crippen LogP contribution is 2.37. The predicted octanol–water partition coefficient (Wildman–Crippen LogP) is -1.24. The van der Waals surface area contributed by atoms with E-state index in [4.69, 9.17) is 21.1 Å². The number of hydrogen-bond acceptors (Lipinski definition) is 4. The van der Waals surface area contributed by atoms with Crippen molar-refractivity contribution in [2.45, 2.75) is 19.7 Å².